The lowest BCUT2D eigenvalue weighted by Gasteiger charge is -2.14. The summed E-state index contributed by atoms with van der Waals surface area (Å²) >= 11 is 13.7. The number of nitrogens with zero attached hydrogens (tertiary/aromatic N) is 1. The molecule has 2 N–H and O–H groups in total. The summed E-state index contributed by atoms with van der Waals surface area (Å²) < 4.78 is 10.6. The molecule has 1 atom stereocenters. The Balaban J connectivity index is 1.65. The Morgan fingerprint density at radius 2 is 1.58 bits per heavy atom. The molecule has 1 aromatic heterocycles. The van der Waals surface area contributed by atoms with E-state index >= 15 is 0 Å². The predicted octanol–water partition coefficient (Wildman–Crippen LogP) is 7.58. The number of hydrogen-bond acceptors (Lipinski definition) is 5. The van der Waals surface area contributed by atoms with Gasteiger partial charge in [0, 0.05) is 16.1 Å². The van der Waals surface area contributed by atoms with E-state index in [1.54, 1.807) is 32.4 Å². The number of rotatable bonds is 9. The molecule has 0 saturated heterocycles. The molecule has 0 spiro atoms. The van der Waals surface area contributed by atoms with Crippen LogP contribution in [0.25, 0.3) is 22.5 Å². The number of imidazole rings is 1. The minimum atomic E-state index is -0.404. The molecule has 0 bridgehead atoms. The zero-order chi connectivity index (χ0) is 25.7. The molecule has 6 nitrogen and oxygen atoms in total. The van der Waals surface area contributed by atoms with Gasteiger partial charge in [0.15, 0.2) is 5.16 Å². The summed E-state index contributed by atoms with van der Waals surface area (Å²) in [5.74, 6) is 1.35. The summed E-state index contributed by atoms with van der Waals surface area (Å²) in [5.41, 5.74) is 3.97. The van der Waals surface area contributed by atoms with Gasteiger partial charge in [-0.25, -0.2) is 4.98 Å². The number of benzene rings is 3. The summed E-state index contributed by atoms with van der Waals surface area (Å²) in [6.07, 6.45) is 0.588. The number of carbonyl (C=O) groups is 1. The van der Waals surface area contributed by atoms with Crippen LogP contribution in [0, 0.1) is 0 Å². The lowest BCUT2D eigenvalue weighted by molar-refractivity contribution is -0.115. The average Bonchev–Trinajstić information content (AvgIpc) is 3.33. The predicted molar refractivity (Wildman–Crippen MR) is 148 cm³/mol. The van der Waals surface area contributed by atoms with Crippen LogP contribution >= 0.6 is 35.0 Å². The summed E-state index contributed by atoms with van der Waals surface area (Å²) in [6.45, 7) is 1.95. The highest BCUT2D eigenvalue weighted by molar-refractivity contribution is 8.00. The largest absolute Gasteiger partial charge is 0.497 e. The summed E-state index contributed by atoms with van der Waals surface area (Å²) in [4.78, 5) is 21.4. The number of carbonyl (C=O) groups excluding carboxylic acids is 1. The van der Waals surface area contributed by atoms with Crippen molar-refractivity contribution in [3.63, 3.8) is 0 Å². The van der Waals surface area contributed by atoms with E-state index in [-0.39, 0.29) is 5.91 Å². The van der Waals surface area contributed by atoms with E-state index < -0.39 is 5.25 Å². The second kappa shape index (κ2) is 11.7. The van der Waals surface area contributed by atoms with E-state index in [9.17, 15) is 4.79 Å². The van der Waals surface area contributed by atoms with Crippen LogP contribution in [0.2, 0.25) is 10.0 Å². The fourth-order valence-corrected chi connectivity index (χ4v) is 4.84. The molecular formula is C27H25Cl2N3O3S. The van der Waals surface area contributed by atoms with Gasteiger partial charge in [-0.05, 0) is 73.2 Å². The van der Waals surface area contributed by atoms with Gasteiger partial charge in [0.05, 0.1) is 41.6 Å². The number of methoxy groups -OCH3 is 2. The average molecular weight is 542 g/mol. The third-order valence-electron chi connectivity index (χ3n) is 5.53. The highest BCUT2D eigenvalue weighted by Gasteiger charge is 2.23. The van der Waals surface area contributed by atoms with Gasteiger partial charge >= 0.3 is 0 Å². The van der Waals surface area contributed by atoms with E-state index in [1.807, 2.05) is 55.5 Å². The van der Waals surface area contributed by atoms with Crippen molar-refractivity contribution in [3.05, 3.63) is 76.8 Å². The fraction of sp³-hybridized carbons (Fsp3) is 0.185. The van der Waals surface area contributed by atoms with Crippen LogP contribution in [0.4, 0.5) is 5.69 Å². The fourth-order valence-electron chi connectivity index (χ4n) is 3.60. The van der Waals surface area contributed by atoms with Crippen LogP contribution in [-0.2, 0) is 4.79 Å². The number of halogens is 2. The normalized spacial score (nSPS) is 11.7. The molecule has 1 heterocycles. The minimum Gasteiger partial charge on any atom is -0.497 e. The van der Waals surface area contributed by atoms with Crippen molar-refractivity contribution in [2.24, 2.45) is 0 Å². The van der Waals surface area contributed by atoms with Gasteiger partial charge in [-0.1, -0.05) is 41.9 Å². The quantitative estimate of drug-likeness (QED) is 0.213. The lowest BCUT2D eigenvalue weighted by Crippen LogP contribution is -2.24. The Kier molecular flexibility index (Phi) is 8.46. The van der Waals surface area contributed by atoms with Gasteiger partial charge in [0.25, 0.3) is 0 Å². The Bertz CT molecular complexity index is 1280. The zero-order valence-corrected chi connectivity index (χ0v) is 22.3. The Hall–Kier alpha value is -3.13. The molecule has 4 aromatic rings. The Morgan fingerprint density at radius 1 is 0.972 bits per heavy atom. The van der Waals surface area contributed by atoms with E-state index in [0.29, 0.717) is 27.3 Å². The number of hydrogen-bond donors (Lipinski definition) is 2. The van der Waals surface area contributed by atoms with Crippen molar-refractivity contribution in [1.29, 1.82) is 0 Å². The Morgan fingerprint density at radius 3 is 2.17 bits per heavy atom. The van der Waals surface area contributed by atoms with Crippen LogP contribution in [0.3, 0.4) is 0 Å². The third-order valence-corrected chi connectivity index (χ3v) is 7.34. The summed E-state index contributed by atoms with van der Waals surface area (Å²) in [6, 6.07) is 20.4. The molecule has 186 valence electrons. The molecule has 1 unspecified atom stereocenters. The molecule has 0 aliphatic carbocycles. The van der Waals surface area contributed by atoms with Crippen LogP contribution in [0.1, 0.15) is 13.3 Å². The number of aromatic amines is 1. The van der Waals surface area contributed by atoms with Crippen LogP contribution in [-0.4, -0.2) is 35.3 Å². The lowest BCUT2D eigenvalue weighted by atomic mass is 10.0. The molecule has 0 aliphatic rings. The SMILES string of the molecule is CCC(Sc1nc(-c2ccc(OC)cc2)c(-c2ccc(OC)cc2)[nH]1)C(=O)Nc1cc(Cl)ccc1Cl. The molecular weight excluding hydrogens is 517 g/mol. The molecule has 0 radical (unpaired) electrons. The summed E-state index contributed by atoms with van der Waals surface area (Å²) in [5, 5.41) is 4.03. The maximum atomic E-state index is 13.1. The van der Waals surface area contributed by atoms with Gasteiger partial charge in [-0.3, -0.25) is 4.79 Å². The molecule has 0 aliphatic heterocycles. The topological polar surface area (TPSA) is 76.2 Å². The second-order valence-electron chi connectivity index (χ2n) is 7.85. The van der Waals surface area contributed by atoms with Crippen molar-refractivity contribution < 1.29 is 14.3 Å². The van der Waals surface area contributed by atoms with Crippen molar-refractivity contribution in [2.75, 3.05) is 19.5 Å². The van der Waals surface area contributed by atoms with Crippen LogP contribution in [0.15, 0.2) is 71.9 Å². The molecule has 3 aromatic carbocycles. The first-order valence-corrected chi connectivity index (χ1v) is 12.9. The van der Waals surface area contributed by atoms with E-state index in [2.05, 4.69) is 10.3 Å². The number of anilines is 1. The zero-order valence-electron chi connectivity index (χ0n) is 20.0. The number of ether oxygens (including phenoxy) is 2. The van der Waals surface area contributed by atoms with Crippen molar-refractivity contribution >= 4 is 46.6 Å². The molecule has 0 fully saturated rings. The first-order chi connectivity index (χ1) is 17.4. The van der Waals surface area contributed by atoms with Crippen molar-refractivity contribution in [2.45, 2.75) is 23.8 Å². The first kappa shape index (κ1) is 25.9. The van der Waals surface area contributed by atoms with E-state index in [0.717, 1.165) is 34.0 Å². The number of nitrogens with one attached hydrogen (secondary N) is 2. The van der Waals surface area contributed by atoms with E-state index in [1.165, 1.54) is 11.8 Å². The van der Waals surface area contributed by atoms with Gasteiger partial charge in [0.2, 0.25) is 5.91 Å². The number of amides is 1. The molecule has 9 heteroatoms. The van der Waals surface area contributed by atoms with Crippen LogP contribution in [0.5, 0.6) is 11.5 Å². The smallest absolute Gasteiger partial charge is 0.238 e. The molecule has 1 amide bonds. The van der Waals surface area contributed by atoms with Crippen LogP contribution < -0.4 is 14.8 Å². The van der Waals surface area contributed by atoms with Gasteiger partial charge in [-0.2, -0.15) is 0 Å². The number of aromatic nitrogens is 2. The van der Waals surface area contributed by atoms with Gasteiger partial charge < -0.3 is 19.8 Å². The molecule has 36 heavy (non-hydrogen) atoms. The first-order valence-electron chi connectivity index (χ1n) is 11.2. The van der Waals surface area contributed by atoms with Crippen molar-refractivity contribution in [1.82, 2.24) is 9.97 Å². The highest BCUT2D eigenvalue weighted by atomic mass is 35.5. The minimum absolute atomic E-state index is 0.180. The number of thioether (sulfide) groups is 1. The summed E-state index contributed by atoms with van der Waals surface area (Å²) in [7, 11) is 3.27. The molecule has 4 rings (SSSR count). The van der Waals surface area contributed by atoms with Crippen molar-refractivity contribution in [3.8, 4) is 34.0 Å². The third kappa shape index (κ3) is 5.98. The second-order valence-corrected chi connectivity index (χ2v) is 9.89. The van der Waals surface area contributed by atoms with E-state index in [4.69, 9.17) is 37.7 Å². The Labute approximate surface area is 224 Å². The highest BCUT2D eigenvalue weighted by Crippen LogP contribution is 2.36. The molecule has 0 saturated carbocycles. The maximum absolute atomic E-state index is 13.1. The number of H-pyrrole nitrogens is 1. The standard InChI is InChI=1S/C27H25Cl2N3O3S/c1-4-23(26(33)30-22-15-18(28)9-14-21(22)29)36-27-31-24(16-5-10-19(34-2)11-6-16)25(32-27)17-7-12-20(35-3)13-8-17/h5-15,23H,4H2,1-3H3,(H,30,33)(H,31,32). The van der Waals surface area contributed by atoms with Gasteiger partial charge in [0.1, 0.15) is 11.5 Å². The monoisotopic (exact) mass is 541 g/mol. The maximum Gasteiger partial charge on any atom is 0.238 e. The van der Waals surface area contributed by atoms with Gasteiger partial charge in [-0.15, -0.1) is 0 Å².